The molecule has 2 rings (SSSR count). The molecule has 1 atom stereocenters. The summed E-state index contributed by atoms with van der Waals surface area (Å²) in [4.78, 5) is 19.3. The van der Waals surface area contributed by atoms with E-state index < -0.39 is 17.9 Å². The zero-order chi connectivity index (χ0) is 18.4. The average Bonchev–Trinajstić information content (AvgIpc) is 2.98. The van der Waals surface area contributed by atoms with Crippen LogP contribution in [0.25, 0.3) is 0 Å². The van der Waals surface area contributed by atoms with Crippen molar-refractivity contribution >= 4 is 24.3 Å². The van der Waals surface area contributed by atoms with Gasteiger partial charge in [-0.3, -0.25) is 9.48 Å². The molecule has 1 amide bonds. The number of carbonyl (C=O) groups excluding carboxylic acids is 1. The summed E-state index contributed by atoms with van der Waals surface area (Å²) in [6.07, 6.45) is -0.210. The molecule has 0 bridgehead atoms. The van der Waals surface area contributed by atoms with E-state index in [9.17, 15) is 18.0 Å². The quantitative estimate of drug-likeness (QED) is 0.610. The largest absolute Gasteiger partial charge is 0.433 e. The fourth-order valence-electron chi connectivity index (χ4n) is 2.10. The highest BCUT2D eigenvalue weighted by Gasteiger charge is 2.32. The van der Waals surface area contributed by atoms with Crippen LogP contribution in [0.4, 0.5) is 19.1 Å². The molecule has 1 unspecified atom stereocenters. The molecular formula is C14H19ClF3N7O. The van der Waals surface area contributed by atoms with Gasteiger partial charge in [-0.25, -0.2) is 9.97 Å². The van der Waals surface area contributed by atoms with Gasteiger partial charge in [0, 0.05) is 38.1 Å². The van der Waals surface area contributed by atoms with Gasteiger partial charge in [0.25, 0.3) is 0 Å². The fraction of sp³-hybridized carbons (Fsp3) is 0.429. The van der Waals surface area contributed by atoms with Crippen LogP contribution >= 0.6 is 12.4 Å². The van der Waals surface area contributed by atoms with Gasteiger partial charge in [-0.2, -0.15) is 18.3 Å². The molecule has 8 nitrogen and oxygen atoms in total. The number of likely N-dealkylation sites (N-methyl/N-ethyl adjacent to an activating group) is 1. The van der Waals surface area contributed by atoms with Gasteiger partial charge >= 0.3 is 6.18 Å². The minimum Gasteiger partial charge on any atom is -0.353 e. The van der Waals surface area contributed by atoms with Gasteiger partial charge in [0.05, 0.1) is 6.20 Å². The maximum Gasteiger partial charge on any atom is 0.433 e. The molecule has 0 saturated heterocycles. The third-order valence-corrected chi connectivity index (χ3v) is 3.26. The van der Waals surface area contributed by atoms with E-state index in [4.69, 9.17) is 0 Å². The number of nitrogens with one attached hydrogen (secondary N) is 3. The minimum absolute atomic E-state index is 0. The Labute approximate surface area is 154 Å². The second-order valence-corrected chi connectivity index (χ2v) is 5.15. The molecule has 0 aliphatic rings. The highest BCUT2D eigenvalue weighted by atomic mass is 35.5. The molecule has 0 saturated carbocycles. The molecule has 2 heterocycles. The Kier molecular flexibility index (Phi) is 7.77. The molecule has 0 spiro atoms. The van der Waals surface area contributed by atoms with E-state index in [1.165, 1.54) is 0 Å². The molecule has 2 aromatic heterocycles. The molecule has 26 heavy (non-hydrogen) atoms. The van der Waals surface area contributed by atoms with Gasteiger partial charge in [0.2, 0.25) is 11.9 Å². The van der Waals surface area contributed by atoms with Crippen molar-refractivity contribution in [3.63, 3.8) is 0 Å². The fourth-order valence-corrected chi connectivity index (χ4v) is 2.10. The SMILES string of the molecule is CNC(C(=O)NCCNc1nccc(C(F)(F)F)n1)c1cnn(C)c1.Cl. The number of aromatic nitrogens is 4. The number of rotatable bonds is 7. The standard InChI is InChI=1S/C14H18F3N7O.ClH/c1-18-11(9-7-22-24(2)8-9)12(25)19-5-6-21-13-20-4-3-10(23-13)14(15,16)17;/h3-4,7-8,11,18H,5-6H2,1-2H3,(H,19,25)(H,20,21,23);1H. The van der Waals surface area contributed by atoms with Gasteiger partial charge < -0.3 is 16.0 Å². The second kappa shape index (κ2) is 9.34. The van der Waals surface area contributed by atoms with Gasteiger partial charge in [0.1, 0.15) is 11.7 Å². The Morgan fingerprint density at radius 1 is 1.35 bits per heavy atom. The van der Waals surface area contributed by atoms with Gasteiger partial charge in [-0.15, -0.1) is 12.4 Å². The van der Waals surface area contributed by atoms with E-state index in [0.717, 1.165) is 12.3 Å². The van der Waals surface area contributed by atoms with E-state index in [1.807, 2.05) is 0 Å². The van der Waals surface area contributed by atoms with Crippen molar-refractivity contribution in [2.45, 2.75) is 12.2 Å². The van der Waals surface area contributed by atoms with Gasteiger partial charge in [-0.05, 0) is 13.1 Å². The summed E-state index contributed by atoms with van der Waals surface area (Å²) in [5.74, 6) is -0.427. The number of hydrogen-bond donors (Lipinski definition) is 3. The van der Waals surface area contributed by atoms with Crippen molar-refractivity contribution in [1.82, 2.24) is 30.4 Å². The molecule has 2 aromatic rings. The number of aryl methyl sites for hydroxylation is 1. The Morgan fingerprint density at radius 3 is 2.65 bits per heavy atom. The topological polar surface area (TPSA) is 96.8 Å². The number of alkyl halides is 3. The predicted molar refractivity (Wildman–Crippen MR) is 90.8 cm³/mol. The molecule has 12 heteroatoms. The molecule has 3 N–H and O–H groups in total. The highest BCUT2D eigenvalue weighted by molar-refractivity contribution is 5.85. The van der Waals surface area contributed by atoms with E-state index in [1.54, 1.807) is 31.2 Å². The summed E-state index contributed by atoms with van der Waals surface area (Å²) in [6, 6.07) is 0.219. The number of anilines is 1. The lowest BCUT2D eigenvalue weighted by atomic mass is 10.1. The molecule has 0 aliphatic heterocycles. The molecule has 0 radical (unpaired) electrons. The first-order chi connectivity index (χ1) is 11.8. The van der Waals surface area contributed by atoms with E-state index in [2.05, 4.69) is 31.0 Å². The number of nitrogens with zero attached hydrogens (tertiary/aromatic N) is 4. The van der Waals surface area contributed by atoms with Crippen LogP contribution in [0.1, 0.15) is 17.3 Å². The first kappa shape index (κ1) is 21.6. The van der Waals surface area contributed by atoms with Crippen molar-refractivity contribution in [3.05, 3.63) is 35.9 Å². The number of halogens is 4. The lowest BCUT2D eigenvalue weighted by Gasteiger charge is -2.15. The van der Waals surface area contributed by atoms with Gasteiger partial charge in [0.15, 0.2) is 0 Å². The van der Waals surface area contributed by atoms with Crippen molar-refractivity contribution in [3.8, 4) is 0 Å². The zero-order valence-corrected chi connectivity index (χ0v) is 14.9. The van der Waals surface area contributed by atoms with Crippen LogP contribution in [-0.2, 0) is 18.0 Å². The van der Waals surface area contributed by atoms with Crippen LogP contribution in [0, 0.1) is 0 Å². The maximum absolute atomic E-state index is 12.6. The third-order valence-electron chi connectivity index (χ3n) is 3.26. The van der Waals surface area contributed by atoms with Crippen molar-refractivity contribution < 1.29 is 18.0 Å². The van der Waals surface area contributed by atoms with Crippen LogP contribution in [-0.4, -0.2) is 45.8 Å². The number of carbonyl (C=O) groups is 1. The summed E-state index contributed by atoms with van der Waals surface area (Å²) < 4.78 is 39.3. The maximum atomic E-state index is 12.6. The predicted octanol–water partition coefficient (Wildman–Crippen LogP) is 1.14. The van der Waals surface area contributed by atoms with Crippen LogP contribution in [0.3, 0.4) is 0 Å². The lowest BCUT2D eigenvalue weighted by molar-refractivity contribution is -0.141. The number of hydrogen-bond acceptors (Lipinski definition) is 6. The van der Waals surface area contributed by atoms with Crippen LogP contribution in [0.15, 0.2) is 24.7 Å². The van der Waals surface area contributed by atoms with E-state index >= 15 is 0 Å². The molecule has 0 aromatic carbocycles. The molecule has 144 valence electrons. The molecular weight excluding hydrogens is 375 g/mol. The first-order valence-corrected chi connectivity index (χ1v) is 7.39. The van der Waals surface area contributed by atoms with Gasteiger partial charge in [-0.1, -0.05) is 0 Å². The Balaban J connectivity index is 0.00000338. The van der Waals surface area contributed by atoms with Crippen molar-refractivity contribution in [2.75, 3.05) is 25.5 Å². The first-order valence-electron chi connectivity index (χ1n) is 7.39. The summed E-state index contributed by atoms with van der Waals surface area (Å²) in [5.41, 5.74) is -0.322. The molecule has 0 aliphatic carbocycles. The van der Waals surface area contributed by atoms with Crippen molar-refractivity contribution in [2.24, 2.45) is 7.05 Å². The summed E-state index contributed by atoms with van der Waals surface area (Å²) >= 11 is 0. The Morgan fingerprint density at radius 2 is 2.08 bits per heavy atom. The lowest BCUT2D eigenvalue weighted by Crippen LogP contribution is -2.38. The van der Waals surface area contributed by atoms with Crippen LogP contribution < -0.4 is 16.0 Å². The highest BCUT2D eigenvalue weighted by Crippen LogP contribution is 2.27. The average molecular weight is 394 g/mol. The Hall–Kier alpha value is -2.40. The van der Waals surface area contributed by atoms with Crippen LogP contribution in [0.5, 0.6) is 0 Å². The van der Waals surface area contributed by atoms with Crippen molar-refractivity contribution in [1.29, 1.82) is 0 Å². The monoisotopic (exact) mass is 393 g/mol. The van der Waals surface area contributed by atoms with Crippen LogP contribution in [0.2, 0.25) is 0 Å². The summed E-state index contributed by atoms with van der Waals surface area (Å²) in [7, 11) is 3.39. The summed E-state index contributed by atoms with van der Waals surface area (Å²) in [6.45, 7) is 0.368. The Bertz CT molecular complexity index is 723. The smallest absolute Gasteiger partial charge is 0.353 e. The zero-order valence-electron chi connectivity index (χ0n) is 14.0. The third kappa shape index (κ3) is 5.85. The van der Waals surface area contributed by atoms with E-state index in [0.29, 0.717) is 5.56 Å². The second-order valence-electron chi connectivity index (χ2n) is 5.15. The normalized spacial score (nSPS) is 12.2. The summed E-state index contributed by atoms with van der Waals surface area (Å²) in [5, 5.41) is 12.2. The number of amides is 1. The van der Waals surface area contributed by atoms with E-state index in [-0.39, 0.29) is 37.4 Å². The minimum atomic E-state index is -4.53. The molecule has 0 fully saturated rings.